The molecule has 2 heterocycles. The molecule has 0 spiro atoms. The third-order valence-electron chi connectivity index (χ3n) is 3.78. The Hall–Kier alpha value is -2.12. The SMILES string of the molecule is CN(C)C(=O)N1CCCC(C(=O)NCCCn2ccnn2)C1. The summed E-state index contributed by atoms with van der Waals surface area (Å²) in [5.41, 5.74) is 0. The van der Waals surface area contributed by atoms with Crippen molar-refractivity contribution in [2.24, 2.45) is 5.92 Å². The first kappa shape index (κ1) is 16.3. The molecule has 1 aliphatic rings. The Morgan fingerprint density at radius 3 is 2.91 bits per heavy atom. The molecule has 1 unspecified atom stereocenters. The Kier molecular flexibility index (Phi) is 5.74. The lowest BCUT2D eigenvalue weighted by Gasteiger charge is -2.33. The van der Waals surface area contributed by atoms with Crippen molar-refractivity contribution >= 4 is 11.9 Å². The number of hydrogen-bond acceptors (Lipinski definition) is 4. The fourth-order valence-corrected chi connectivity index (χ4v) is 2.60. The van der Waals surface area contributed by atoms with Crippen LogP contribution in [0.4, 0.5) is 4.79 Å². The van der Waals surface area contributed by atoms with E-state index < -0.39 is 0 Å². The third kappa shape index (κ3) is 4.44. The molecule has 1 aromatic rings. The van der Waals surface area contributed by atoms with Crippen molar-refractivity contribution in [2.75, 3.05) is 33.7 Å². The van der Waals surface area contributed by atoms with E-state index in [0.717, 1.165) is 32.4 Å². The molecule has 0 radical (unpaired) electrons. The monoisotopic (exact) mass is 308 g/mol. The Balaban J connectivity index is 1.71. The summed E-state index contributed by atoms with van der Waals surface area (Å²) in [4.78, 5) is 27.5. The maximum absolute atomic E-state index is 12.2. The van der Waals surface area contributed by atoms with Crippen LogP contribution in [-0.2, 0) is 11.3 Å². The summed E-state index contributed by atoms with van der Waals surface area (Å²) < 4.78 is 1.74. The summed E-state index contributed by atoms with van der Waals surface area (Å²) in [5.74, 6) is -0.0705. The zero-order chi connectivity index (χ0) is 15.9. The molecule has 2 rings (SSSR count). The topological polar surface area (TPSA) is 83.4 Å². The van der Waals surface area contributed by atoms with Crippen molar-refractivity contribution in [3.05, 3.63) is 12.4 Å². The van der Waals surface area contributed by atoms with Crippen molar-refractivity contribution in [2.45, 2.75) is 25.8 Å². The maximum atomic E-state index is 12.2. The van der Waals surface area contributed by atoms with Crippen LogP contribution in [0, 0.1) is 5.92 Å². The molecule has 0 bridgehead atoms. The lowest BCUT2D eigenvalue weighted by molar-refractivity contribution is -0.126. The second kappa shape index (κ2) is 7.77. The van der Waals surface area contributed by atoms with Gasteiger partial charge in [-0.05, 0) is 19.3 Å². The highest BCUT2D eigenvalue weighted by Gasteiger charge is 2.28. The quantitative estimate of drug-likeness (QED) is 0.787. The van der Waals surface area contributed by atoms with E-state index in [4.69, 9.17) is 0 Å². The maximum Gasteiger partial charge on any atom is 0.319 e. The molecule has 1 atom stereocenters. The van der Waals surface area contributed by atoms with Gasteiger partial charge in [-0.1, -0.05) is 5.21 Å². The molecule has 0 saturated carbocycles. The van der Waals surface area contributed by atoms with Gasteiger partial charge in [0.2, 0.25) is 5.91 Å². The van der Waals surface area contributed by atoms with Crippen molar-refractivity contribution < 1.29 is 9.59 Å². The lowest BCUT2D eigenvalue weighted by atomic mass is 9.97. The molecule has 0 aromatic carbocycles. The van der Waals surface area contributed by atoms with Crippen LogP contribution in [0.3, 0.4) is 0 Å². The van der Waals surface area contributed by atoms with Crippen LogP contribution in [0.15, 0.2) is 12.4 Å². The van der Waals surface area contributed by atoms with E-state index in [1.807, 2.05) is 0 Å². The summed E-state index contributed by atoms with van der Waals surface area (Å²) in [5, 5.41) is 10.6. The van der Waals surface area contributed by atoms with Gasteiger partial charge in [0, 0.05) is 46.5 Å². The number of carbonyl (C=O) groups is 2. The highest BCUT2D eigenvalue weighted by molar-refractivity contribution is 5.80. The number of rotatable bonds is 5. The molecular formula is C14H24N6O2. The number of aromatic nitrogens is 3. The van der Waals surface area contributed by atoms with Gasteiger partial charge in [-0.3, -0.25) is 9.48 Å². The molecule has 122 valence electrons. The van der Waals surface area contributed by atoms with Crippen LogP contribution in [-0.4, -0.2) is 70.5 Å². The molecule has 8 heteroatoms. The molecular weight excluding hydrogens is 284 g/mol. The fourth-order valence-electron chi connectivity index (χ4n) is 2.60. The normalized spacial score (nSPS) is 18.1. The standard InChI is InChI=1S/C14H24N6O2/c1-18(2)14(22)19-8-3-5-12(11-19)13(21)15-6-4-9-20-10-7-16-17-20/h7,10,12H,3-6,8-9,11H2,1-2H3,(H,15,21). The Morgan fingerprint density at radius 2 is 2.23 bits per heavy atom. The summed E-state index contributed by atoms with van der Waals surface area (Å²) in [6.07, 6.45) is 5.95. The summed E-state index contributed by atoms with van der Waals surface area (Å²) in [6.45, 7) is 2.58. The first-order valence-electron chi connectivity index (χ1n) is 7.66. The number of piperidine rings is 1. The molecule has 8 nitrogen and oxygen atoms in total. The second-order valence-corrected chi connectivity index (χ2v) is 5.77. The van der Waals surface area contributed by atoms with Crippen molar-refractivity contribution in [1.29, 1.82) is 0 Å². The van der Waals surface area contributed by atoms with Crippen LogP contribution in [0.1, 0.15) is 19.3 Å². The number of carbonyl (C=O) groups excluding carboxylic acids is 2. The van der Waals surface area contributed by atoms with E-state index in [-0.39, 0.29) is 17.9 Å². The summed E-state index contributed by atoms with van der Waals surface area (Å²) in [7, 11) is 3.46. The van der Waals surface area contributed by atoms with Gasteiger partial charge in [0.05, 0.1) is 12.1 Å². The van der Waals surface area contributed by atoms with Gasteiger partial charge >= 0.3 is 6.03 Å². The predicted molar refractivity (Wildman–Crippen MR) is 81.0 cm³/mol. The zero-order valence-electron chi connectivity index (χ0n) is 13.2. The van der Waals surface area contributed by atoms with Gasteiger partial charge in [0.1, 0.15) is 0 Å². The van der Waals surface area contributed by atoms with Crippen LogP contribution >= 0.6 is 0 Å². The molecule has 1 saturated heterocycles. The van der Waals surface area contributed by atoms with Crippen molar-refractivity contribution in [3.8, 4) is 0 Å². The third-order valence-corrected chi connectivity index (χ3v) is 3.78. The van der Waals surface area contributed by atoms with E-state index in [2.05, 4.69) is 15.6 Å². The zero-order valence-corrected chi connectivity index (χ0v) is 13.2. The van der Waals surface area contributed by atoms with Crippen LogP contribution in [0.2, 0.25) is 0 Å². The fraction of sp³-hybridized carbons (Fsp3) is 0.714. The Bertz CT molecular complexity index is 488. The van der Waals surface area contributed by atoms with E-state index in [1.54, 1.807) is 41.0 Å². The largest absolute Gasteiger partial charge is 0.356 e. The molecule has 1 aromatic heterocycles. The number of amides is 3. The van der Waals surface area contributed by atoms with E-state index in [1.165, 1.54) is 0 Å². The average Bonchev–Trinajstić information content (AvgIpc) is 3.04. The number of nitrogens with one attached hydrogen (secondary N) is 1. The highest BCUT2D eigenvalue weighted by atomic mass is 16.2. The van der Waals surface area contributed by atoms with E-state index in [0.29, 0.717) is 13.1 Å². The number of hydrogen-bond donors (Lipinski definition) is 1. The van der Waals surface area contributed by atoms with Gasteiger partial charge in [-0.15, -0.1) is 5.10 Å². The minimum atomic E-state index is -0.107. The number of urea groups is 1. The van der Waals surface area contributed by atoms with Crippen LogP contribution in [0.5, 0.6) is 0 Å². The van der Waals surface area contributed by atoms with Crippen molar-refractivity contribution in [3.63, 3.8) is 0 Å². The molecule has 22 heavy (non-hydrogen) atoms. The number of likely N-dealkylation sites (tertiary alicyclic amines) is 1. The molecule has 1 fully saturated rings. The van der Waals surface area contributed by atoms with Gasteiger partial charge < -0.3 is 15.1 Å². The molecule has 0 aliphatic carbocycles. The summed E-state index contributed by atoms with van der Waals surface area (Å²) >= 11 is 0. The lowest BCUT2D eigenvalue weighted by Crippen LogP contribution is -2.48. The molecule has 3 amide bonds. The minimum Gasteiger partial charge on any atom is -0.356 e. The Morgan fingerprint density at radius 1 is 1.41 bits per heavy atom. The average molecular weight is 308 g/mol. The summed E-state index contributed by atoms with van der Waals surface area (Å²) in [6, 6.07) is -0.0244. The van der Waals surface area contributed by atoms with Gasteiger partial charge in [-0.25, -0.2) is 4.79 Å². The first-order valence-corrected chi connectivity index (χ1v) is 7.66. The number of nitrogens with zero attached hydrogens (tertiary/aromatic N) is 5. The number of aryl methyl sites for hydroxylation is 1. The van der Waals surface area contributed by atoms with E-state index >= 15 is 0 Å². The minimum absolute atomic E-state index is 0.0244. The van der Waals surface area contributed by atoms with Gasteiger partial charge in [-0.2, -0.15) is 0 Å². The van der Waals surface area contributed by atoms with Crippen LogP contribution < -0.4 is 5.32 Å². The second-order valence-electron chi connectivity index (χ2n) is 5.77. The predicted octanol–water partition coefficient (Wildman–Crippen LogP) is 0.178. The smallest absolute Gasteiger partial charge is 0.319 e. The van der Waals surface area contributed by atoms with Gasteiger partial charge in [0.25, 0.3) is 0 Å². The van der Waals surface area contributed by atoms with Gasteiger partial charge in [0.15, 0.2) is 0 Å². The molecule has 1 aliphatic heterocycles. The Labute approximate surface area is 130 Å². The van der Waals surface area contributed by atoms with Crippen LogP contribution in [0.25, 0.3) is 0 Å². The van der Waals surface area contributed by atoms with Crippen molar-refractivity contribution in [1.82, 2.24) is 30.1 Å². The first-order chi connectivity index (χ1) is 10.6. The van der Waals surface area contributed by atoms with E-state index in [9.17, 15) is 9.59 Å². The molecule has 1 N–H and O–H groups in total. The highest BCUT2D eigenvalue weighted by Crippen LogP contribution is 2.17.